The van der Waals surface area contributed by atoms with Gasteiger partial charge in [0.25, 0.3) is 15.9 Å². The van der Waals surface area contributed by atoms with Crippen molar-refractivity contribution in [2.75, 3.05) is 11.9 Å². The van der Waals surface area contributed by atoms with Crippen LogP contribution in [0.5, 0.6) is 5.75 Å². The molecule has 1 heterocycles. The molecule has 2 aromatic carbocycles. The fourth-order valence-electron chi connectivity index (χ4n) is 2.31. The van der Waals surface area contributed by atoms with Gasteiger partial charge in [-0.1, -0.05) is 0 Å². The van der Waals surface area contributed by atoms with Gasteiger partial charge in [0.1, 0.15) is 5.75 Å². The van der Waals surface area contributed by atoms with Crippen LogP contribution in [0.1, 0.15) is 15.9 Å². The molecule has 0 saturated carbocycles. The molecule has 120 valence electrons. The number of hydrogen-bond donors (Lipinski definition) is 4. The molecule has 0 saturated heterocycles. The standard InChI is InChI=1S/C15H15N3O4S/c19-12-3-1-10(2-4-12)15(20)17-18-23(21,22)13-5-6-14-11(9-13)7-8-16-14/h1-6,9,16,18-19H,7-8H2,(H,17,20). The molecule has 0 spiro atoms. The molecular formula is C15H15N3O4S. The van der Waals surface area contributed by atoms with Crippen molar-refractivity contribution in [2.24, 2.45) is 0 Å². The summed E-state index contributed by atoms with van der Waals surface area (Å²) in [5.41, 5.74) is 4.23. The average molecular weight is 333 g/mol. The molecule has 1 aliphatic rings. The number of carbonyl (C=O) groups excluding carboxylic acids is 1. The molecule has 0 radical (unpaired) electrons. The van der Waals surface area contributed by atoms with Crippen LogP contribution in [-0.2, 0) is 16.4 Å². The second-order valence-electron chi connectivity index (χ2n) is 5.10. The topological polar surface area (TPSA) is 108 Å². The van der Waals surface area contributed by atoms with Gasteiger partial charge in [-0.3, -0.25) is 10.2 Å². The van der Waals surface area contributed by atoms with E-state index in [1.165, 1.54) is 30.3 Å². The molecule has 0 unspecified atom stereocenters. The highest BCUT2D eigenvalue weighted by Gasteiger charge is 2.19. The number of aromatic hydroxyl groups is 1. The number of hydrogen-bond acceptors (Lipinski definition) is 5. The van der Waals surface area contributed by atoms with Gasteiger partial charge in [-0.05, 0) is 54.4 Å². The lowest BCUT2D eigenvalue weighted by Crippen LogP contribution is -2.41. The summed E-state index contributed by atoms with van der Waals surface area (Å²) >= 11 is 0. The third kappa shape index (κ3) is 3.27. The molecule has 4 N–H and O–H groups in total. The highest BCUT2D eigenvalue weighted by molar-refractivity contribution is 7.89. The van der Waals surface area contributed by atoms with Crippen LogP contribution < -0.4 is 15.6 Å². The van der Waals surface area contributed by atoms with Crippen molar-refractivity contribution in [3.63, 3.8) is 0 Å². The van der Waals surface area contributed by atoms with Crippen molar-refractivity contribution in [1.82, 2.24) is 10.3 Å². The normalized spacial score (nSPS) is 13.2. The van der Waals surface area contributed by atoms with Gasteiger partial charge in [-0.2, -0.15) is 0 Å². The van der Waals surface area contributed by atoms with Gasteiger partial charge in [0.2, 0.25) is 0 Å². The van der Waals surface area contributed by atoms with Crippen molar-refractivity contribution >= 4 is 21.6 Å². The van der Waals surface area contributed by atoms with Gasteiger partial charge >= 0.3 is 0 Å². The molecule has 1 amide bonds. The fourth-order valence-corrected chi connectivity index (χ4v) is 3.20. The number of fused-ring (bicyclic) bond motifs is 1. The van der Waals surface area contributed by atoms with Crippen molar-refractivity contribution in [1.29, 1.82) is 0 Å². The average Bonchev–Trinajstić information content (AvgIpc) is 3.01. The molecule has 2 aromatic rings. The number of carbonyl (C=O) groups is 1. The van der Waals surface area contributed by atoms with E-state index in [1.807, 2.05) is 0 Å². The van der Waals surface area contributed by atoms with Crippen LogP contribution in [0.4, 0.5) is 5.69 Å². The molecule has 23 heavy (non-hydrogen) atoms. The van der Waals surface area contributed by atoms with E-state index in [4.69, 9.17) is 0 Å². The Labute approximate surface area is 133 Å². The van der Waals surface area contributed by atoms with Crippen LogP contribution in [0.2, 0.25) is 0 Å². The number of hydrazine groups is 1. The Morgan fingerprint density at radius 1 is 1.13 bits per heavy atom. The Balaban J connectivity index is 1.71. The summed E-state index contributed by atoms with van der Waals surface area (Å²) in [5.74, 6) is -0.592. The summed E-state index contributed by atoms with van der Waals surface area (Å²) in [6.07, 6.45) is 0.762. The number of benzene rings is 2. The summed E-state index contributed by atoms with van der Waals surface area (Å²) in [6.45, 7) is 0.782. The molecule has 0 aliphatic carbocycles. The lowest BCUT2D eigenvalue weighted by atomic mass is 10.2. The van der Waals surface area contributed by atoms with E-state index in [9.17, 15) is 18.3 Å². The first-order chi connectivity index (χ1) is 11.0. The van der Waals surface area contributed by atoms with Crippen molar-refractivity contribution < 1.29 is 18.3 Å². The zero-order valence-corrected chi connectivity index (χ0v) is 12.9. The number of nitrogens with one attached hydrogen (secondary N) is 3. The number of phenols is 1. The predicted molar refractivity (Wildman–Crippen MR) is 84.5 cm³/mol. The van der Waals surface area contributed by atoms with Crippen molar-refractivity contribution in [3.8, 4) is 5.75 Å². The largest absolute Gasteiger partial charge is 0.508 e. The zero-order valence-electron chi connectivity index (χ0n) is 12.0. The monoisotopic (exact) mass is 333 g/mol. The second-order valence-corrected chi connectivity index (χ2v) is 6.78. The fraction of sp³-hybridized carbons (Fsp3) is 0.133. The molecular weight excluding hydrogens is 318 g/mol. The van der Waals surface area contributed by atoms with Gasteiger partial charge in [-0.25, -0.2) is 8.42 Å². The molecule has 1 aliphatic heterocycles. The van der Waals surface area contributed by atoms with Gasteiger partial charge < -0.3 is 10.4 Å². The quantitative estimate of drug-likeness (QED) is 0.624. The SMILES string of the molecule is O=C(NNS(=O)(=O)c1ccc2c(c1)CCN2)c1ccc(O)cc1. The maximum Gasteiger partial charge on any atom is 0.266 e. The Bertz CT molecular complexity index is 848. The summed E-state index contributed by atoms with van der Waals surface area (Å²) in [4.78, 5) is 14.0. The Morgan fingerprint density at radius 3 is 2.61 bits per heavy atom. The van der Waals surface area contributed by atoms with Gasteiger partial charge in [0, 0.05) is 17.8 Å². The summed E-state index contributed by atoms with van der Waals surface area (Å²) in [6, 6.07) is 10.2. The third-order valence-electron chi connectivity index (χ3n) is 3.53. The maximum atomic E-state index is 12.2. The van der Waals surface area contributed by atoms with E-state index in [0.29, 0.717) is 0 Å². The van der Waals surface area contributed by atoms with E-state index >= 15 is 0 Å². The van der Waals surface area contributed by atoms with Gasteiger partial charge in [0.15, 0.2) is 0 Å². The molecule has 0 fully saturated rings. The first-order valence-corrected chi connectivity index (χ1v) is 8.42. The highest BCUT2D eigenvalue weighted by Crippen LogP contribution is 2.24. The number of sulfonamides is 1. The van der Waals surface area contributed by atoms with Crippen LogP contribution in [0.3, 0.4) is 0 Å². The lowest BCUT2D eigenvalue weighted by molar-refractivity contribution is 0.0945. The Hall–Kier alpha value is -2.58. The van der Waals surface area contributed by atoms with Crippen molar-refractivity contribution in [2.45, 2.75) is 11.3 Å². The zero-order chi connectivity index (χ0) is 16.4. The van der Waals surface area contributed by atoms with E-state index in [1.54, 1.807) is 12.1 Å². The molecule has 0 bridgehead atoms. The number of anilines is 1. The van der Waals surface area contributed by atoms with Crippen LogP contribution >= 0.6 is 0 Å². The first-order valence-electron chi connectivity index (χ1n) is 6.94. The van der Waals surface area contributed by atoms with Gasteiger partial charge in [-0.15, -0.1) is 4.83 Å². The Morgan fingerprint density at radius 2 is 1.87 bits per heavy atom. The van der Waals surface area contributed by atoms with Crippen LogP contribution in [0.25, 0.3) is 0 Å². The lowest BCUT2D eigenvalue weighted by Gasteiger charge is -2.09. The molecule has 0 aromatic heterocycles. The molecule has 8 heteroatoms. The highest BCUT2D eigenvalue weighted by atomic mass is 32.2. The molecule has 3 rings (SSSR count). The van der Waals surface area contributed by atoms with E-state index in [2.05, 4.69) is 15.6 Å². The smallest absolute Gasteiger partial charge is 0.266 e. The number of amides is 1. The maximum absolute atomic E-state index is 12.2. The van der Waals surface area contributed by atoms with Crippen LogP contribution in [0.15, 0.2) is 47.4 Å². The van der Waals surface area contributed by atoms with Crippen LogP contribution in [0, 0.1) is 0 Å². The predicted octanol–water partition coefficient (Wildman–Crippen LogP) is 0.983. The van der Waals surface area contributed by atoms with E-state index in [0.717, 1.165) is 24.2 Å². The summed E-state index contributed by atoms with van der Waals surface area (Å²) in [5, 5.41) is 12.3. The number of rotatable bonds is 4. The molecule has 7 nitrogen and oxygen atoms in total. The number of phenolic OH excluding ortho intramolecular Hbond substituents is 1. The molecule has 0 atom stereocenters. The van der Waals surface area contributed by atoms with Gasteiger partial charge in [0.05, 0.1) is 4.90 Å². The minimum atomic E-state index is -3.85. The van der Waals surface area contributed by atoms with E-state index < -0.39 is 15.9 Å². The third-order valence-corrected chi connectivity index (χ3v) is 4.77. The minimum Gasteiger partial charge on any atom is -0.508 e. The minimum absolute atomic E-state index is 0.0221. The second kappa shape index (κ2) is 5.90. The van der Waals surface area contributed by atoms with E-state index in [-0.39, 0.29) is 16.2 Å². The van der Waals surface area contributed by atoms with Crippen molar-refractivity contribution in [3.05, 3.63) is 53.6 Å². The van der Waals surface area contributed by atoms with Crippen LogP contribution in [-0.4, -0.2) is 26.0 Å². The first kappa shape index (κ1) is 15.3. The summed E-state index contributed by atoms with van der Waals surface area (Å²) in [7, 11) is -3.85. The Kier molecular flexibility index (Phi) is 3.93. The summed E-state index contributed by atoms with van der Waals surface area (Å²) < 4.78 is 24.5.